The number of carbonyl (C=O) groups is 1. The highest BCUT2D eigenvalue weighted by molar-refractivity contribution is 6.35. The van der Waals surface area contributed by atoms with Gasteiger partial charge in [0.15, 0.2) is 0 Å². The standard InChI is InChI=1S/C14H13Cl2N3O/c1-8-11(17)3-2-4-12(8)18-14(20)19-13-7-9(15)5-6-10(13)16/h2-7H,17H2,1H3,(H2,18,19,20). The number of nitrogen functional groups attached to an aromatic ring is 1. The maximum Gasteiger partial charge on any atom is 0.323 e. The van der Waals surface area contributed by atoms with Gasteiger partial charge < -0.3 is 16.4 Å². The lowest BCUT2D eigenvalue weighted by molar-refractivity contribution is 0.262. The molecule has 0 aliphatic heterocycles. The van der Waals surface area contributed by atoms with E-state index in [0.29, 0.717) is 27.1 Å². The van der Waals surface area contributed by atoms with E-state index in [1.54, 1.807) is 36.4 Å². The van der Waals surface area contributed by atoms with E-state index in [2.05, 4.69) is 10.6 Å². The number of nitrogens with one attached hydrogen (secondary N) is 2. The zero-order chi connectivity index (χ0) is 14.7. The van der Waals surface area contributed by atoms with Crippen molar-refractivity contribution in [2.75, 3.05) is 16.4 Å². The molecular weight excluding hydrogens is 297 g/mol. The zero-order valence-electron chi connectivity index (χ0n) is 10.7. The molecule has 4 nitrogen and oxygen atoms in total. The summed E-state index contributed by atoms with van der Waals surface area (Å²) in [6.45, 7) is 1.83. The van der Waals surface area contributed by atoms with Crippen LogP contribution >= 0.6 is 23.2 Å². The number of halogens is 2. The fraction of sp³-hybridized carbons (Fsp3) is 0.0714. The lowest BCUT2D eigenvalue weighted by Gasteiger charge is -2.12. The Morgan fingerprint density at radius 2 is 1.80 bits per heavy atom. The van der Waals surface area contributed by atoms with Crippen LogP contribution < -0.4 is 16.4 Å². The molecule has 0 bridgehead atoms. The molecule has 0 radical (unpaired) electrons. The number of hydrogen-bond donors (Lipinski definition) is 3. The van der Waals surface area contributed by atoms with Crippen LogP contribution in [0.3, 0.4) is 0 Å². The molecule has 4 N–H and O–H groups in total. The number of carbonyl (C=O) groups excluding carboxylic acids is 1. The maximum absolute atomic E-state index is 11.9. The van der Waals surface area contributed by atoms with Crippen molar-refractivity contribution in [3.8, 4) is 0 Å². The number of amides is 2. The van der Waals surface area contributed by atoms with Gasteiger partial charge in [-0.25, -0.2) is 4.79 Å². The van der Waals surface area contributed by atoms with Crippen LogP contribution in [-0.4, -0.2) is 6.03 Å². The molecule has 0 aliphatic rings. The van der Waals surface area contributed by atoms with E-state index in [-0.39, 0.29) is 0 Å². The molecule has 2 amide bonds. The Morgan fingerprint density at radius 1 is 1.10 bits per heavy atom. The normalized spacial score (nSPS) is 10.2. The molecule has 2 rings (SSSR count). The van der Waals surface area contributed by atoms with Crippen LogP contribution in [-0.2, 0) is 0 Å². The second kappa shape index (κ2) is 6.03. The number of benzene rings is 2. The number of hydrogen-bond acceptors (Lipinski definition) is 2. The van der Waals surface area contributed by atoms with Gasteiger partial charge in [0.25, 0.3) is 0 Å². The van der Waals surface area contributed by atoms with Crippen LogP contribution in [0.1, 0.15) is 5.56 Å². The fourth-order valence-electron chi connectivity index (χ4n) is 1.66. The van der Waals surface area contributed by atoms with Gasteiger partial charge in [-0.1, -0.05) is 29.3 Å². The third-order valence-electron chi connectivity index (χ3n) is 2.80. The molecule has 2 aromatic rings. The van der Waals surface area contributed by atoms with Crippen molar-refractivity contribution in [3.63, 3.8) is 0 Å². The van der Waals surface area contributed by atoms with E-state index in [1.807, 2.05) is 6.92 Å². The molecular formula is C14H13Cl2N3O. The predicted octanol–water partition coefficient (Wildman–Crippen LogP) is 4.53. The number of nitrogens with two attached hydrogens (primary N) is 1. The smallest absolute Gasteiger partial charge is 0.323 e. The van der Waals surface area contributed by atoms with Gasteiger partial charge in [0, 0.05) is 16.4 Å². The summed E-state index contributed by atoms with van der Waals surface area (Å²) in [5, 5.41) is 6.25. The summed E-state index contributed by atoms with van der Waals surface area (Å²) in [7, 11) is 0. The summed E-state index contributed by atoms with van der Waals surface area (Å²) < 4.78 is 0. The molecule has 2 aromatic carbocycles. The van der Waals surface area contributed by atoms with Gasteiger partial charge in [0.2, 0.25) is 0 Å². The molecule has 0 spiro atoms. The molecule has 20 heavy (non-hydrogen) atoms. The summed E-state index contributed by atoms with van der Waals surface area (Å²) in [6.07, 6.45) is 0. The molecule has 6 heteroatoms. The SMILES string of the molecule is Cc1c(N)cccc1NC(=O)Nc1cc(Cl)ccc1Cl. The van der Waals surface area contributed by atoms with E-state index in [1.165, 1.54) is 0 Å². The Morgan fingerprint density at radius 3 is 2.55 bits per heavy atom. The number of anilines is 3. The first kappa shape index (κ1) is 14.5. The monoisotopic (exact) mass is 309 g/mol. The Labute approximate surface area is 126 Å². The Bertz CT molecular complexity index is 653. The summed E-state index contributed by atoms with van der Waals surface area (Å²) in [6, 6.07) is 9.74. The quantitative estimate of drug-likeness (QED) is 0.713. The molecule has 0 aromatic heterocycles. The first-order valence-corrected chi connectivity index (χ1v) is 6.61. The second-order valence-corrected chi connectivity index (χ2v) is 5.07. The van der Waals surface area contributed by atoms with Gasteiger partial charge >= 0.3 is 6.03 Å². The molecule has 0 saturated heterocycles. The Hall–Kier alpha value is -1.91. The molecule has 0 saturated carbocycles. The minimum absolute atomic E-state index is 0.411. The molecule has 0 unspecified atom stereocenters. The third kappa shape index (κ3) is 3.35. The van der Waals surface area contributed by atoms with Gasteiger partial charge in [0.05, 0.1) is 10.7 Å². The lowest BCUT2D eigenvalue weighted by Crippen LogP contribution is -2.20. The molecule has 0 aliphatic carbocycles. The maximum atomic E-state index is 11.9. The molecule has 104 valence electrons. The van der Waals surface area contributed by atoms with Crippen molar-refractivity contribution in [3.05, 3.63) is 52.0 Å². The van der Waals surface area contributed by atoms with Crippen molar-refractivity contribution in [1.82, 2.24) is 0 Å². The average molecular weight is 310 g/mol. The average Bonchev–Trinajstić information content (AvgIpc) is 2.39. The molecule has 0 fully saturated rings. The Kier molecular flexibility index (Phi) is 4.37. The van der Waals surface area contributed by atoms with E-state index in [4.69, 9.17) is 28.9 Å². The Balaban J connectivity index is 2.13. The van der Waals surface area contributed by atoms with E-state index in [9.17, 15) is 4.79 Å². The largest absolute Gasteiger partial charge is 0.398 e. The van der Waals surface area contributed by atoms with Crippen LogP contribution in [0, 0.1) is 6.92 Å². The number of urea groups is 1. The molecule has 0 heterocycles. The van der Waals surface area contributed by atoms with Crippen LogP contribution in [0.25, 0.3) is 0 Å². The highest BCUT2D eigenvalue weighted by Crippen LogP contribution is 2.26. The summed E-state index contributed by atoms with van der Waals surface area (Å²) in [5.74, 6) is 0. The first-order chi connectivity index (χ1) is 9.47. The van der Waals surface area contributed by atoms with Gasteiger partial charge in [-0.15, -0.1) is 0 Å². The molecule has 0 atom stereocenters. The van der Waals surface area contributed by atoms with E-state index < -0.39 is 6.03 Å². The summed E-state index contributed by atoms with van der Waals surface area (Å²) in [5.41, 5.74) is 8.28. The van der Waals surface area contributed by atoms with Crippen LogP contribution in [0.2, 0.25) is 10.0 Å². The first-order valence-electron chi connectivity index (χ1n) is 5.85. The van der Waals surface area contributed by atoms with Crippen LogP contribution in [0.15, 0.2) is 36.4 Å². The third-order valence-corrected chi connectivity index (χ3v) is 3.37. The minimum Gasteiger partial charge on any atom is -0.398 e. The topological polar surface area (TPSA) is 67.1 Å². The lowest BCUT2D eigenvalue weighted by atomic mass is 10.1. The fourth-order valence-corrected chi connectivity index (χ4v) is 1.99. The van der Waals surface area contributed by atoms with Crippen molar-refractivity contribution in [2.24, 2.45) is 0 Å². The van der Waals surface area contributed by atoms with Crippen LogP contribution in [0.4, 0.5) is 21.9 Å². The second-order valence-electron chi connectivity index (χ2n) is 4.22. The van der Waals surface area contributed by atoms with Crippen molar-refractivity contribution in [1.29, 1.82) is 0 Å². The number of rotatable bonds is 2. The summed E-state index contributed by atoms with van der Waals surface area (Å²) in [4.78, 5) is 11.9. The predicted molar refractivity (Wildman–Crippen MR) is 84.7 cm³/mol. The summed E-state index contributed by atoms with van der Waals surface area (Å²) >= 11 is 11.8. The van der Waals surface area contributed by atoms with E-state index >= 15 is 0 Å². The van der Waals surface area contributed by atoms with Gasteiger partial charge in [0.1, 0.15) is 0 Å². The van der Waals surface area contributed by atoms with Crippen molar-refractivity contribution in [2.45, 2.75) is 6.92 Å². The zero-order valence-corrected chi connectivity index (χ0v) is 12.2. The van der Waals surface area contributed by atoms with Crippen LogP contribution in [0.5, 0.6) is 0 Å². The minimum atomic E-state index is -0.414. The highest BCUT2D eigenvalue weighted by Gasteiger charge is 2.08. The van der Waals surface area contributed by atoms with Gasteiger partial charge in [-0.05, 0) is 42.8 Å². The van der Waals surface area contributed by atoms with Gasteiger partial charge in [-0.3, -0.25) is 0 Å². The van der Waals surface area contributed by atoms with Crippen molar-refractivity contribution >= 4 is 46.3 Å². The van der Waals surface area contributed by atoms with Gasteiger partial charge in [-0.2, -0.15) is 0 Å². The van der Waals surface area contributed by atoms with Crippen molar-refractivity contribution < 1.29 is 4.79 Å². The van der Waals surface area contributed by atoms with E-state index in [0.717, 1.165) is 5.56 Å². The highest BCUT2D eigenvalue weighted by atomic mass is 35.5.